The van der Waals surface area contributed by atoms with E-state index < -0.39 is 0 Å². The van der Waals surface area contributed by atoms with Crippen LogP contribution < -0.4 is 0 Å². The first-order valence-electron chi connectivity index (χ1n) is 5.71. The summed E-state index contributed by atoms with van der Waals surface area (Å²) in [6, 6.07) is 0. The maximum Gasteiger partial charge on any atom is 0.136 e. The number of hydrogen-bond donors (Lipinski definition) is 0. The Bertz CT molecular complexity index is 300. The van der Waals surface area contributed by atoms with E-state index in [0.29, 0.717) is 17.1 Å². The zero-order chi connectivity index (χ0) is 10.3. The van der Waals surface area contributed by atoms with Crippen molar-refractivity contribution in [3.05, 3.63) is 11.1 Å². The topological polar surface area (TPSA) is 17.1 Å². The van der Waals surface area contributed by atoms with Crippen LogP contribution in [-0.2, 0) is 4.79 Å². The summed E-state index contributed by atoms with van der Waals surface area (Å²) in [6.07, 6.45) is 5.36. The molecule has 1 nitrogen and oxygen atoms in total. The van der Waals surface area contributed by atoms with Crippen LogP contribution in [0.1, 0.15) is 52.9 Å². The first kappa shape index (κ1) is 9.95. The van der Waals surface area contributed by atoms with Gasteiger partial charge in [0.2, 0.25) is 0 Å². The molecule has 14 heavy (non-hydrogen) atoms. The lowest BCUT2D eigenvalue weighted by Gasteiger charge is -2.44. The molecule has 2 atom stereocenters. The predicted octanol–water partition coefficient (Wildman–Crippen LogP) is 3.49. The predicted molar refractivity (Wildman–Crippen MR) is 58.1 cm³/mol. The smallest absolute Gasteiger partial charge is 0.136 e. The molecule has 0 bridgehead atoms. The van der Waals surface area contributed by atoms with Crippen molar-refractivity contribution in [1.29, 1.82) is 0 Å². The molecule has 0 aromatic heterocycles. The van der Waals surface area contributed by atoms with Gasteiger partial charge < -0.3 is 0 Å². The molecule has 1 heteroatoms. The number of carbonyl (C=O) groups is 1. The van der Waals surface area contributed by atoms with Crippen molar-refractivity contribution in [2.45, 2.75) is 52.9 Å². The first-order valence-corrected chi connectivity index (χ1v) is 5.71. The SMILES string of the molecule is CC1=C(C)CC2(C)CCCC(=O)C2C1. The molecule has 0 N–H and O–H groups in total. The van der Waals surface area contributed by atoms with Gasteiger partial charge in [0.25, 0.3) is 0 Å². The van der Waals surface area contributed by atoms with Gasteiger partial charge in [-0.1, -0.05) is 18.1 Å². The van der Waals surface area contributed by atoms with Crippen LogP contribution in [0.25, 0.3) is 0 Å². The summed E-state index contributed by atoms with van der Waals surface area (Å²) in [5.41, 5.74) is 3.28. The quantitative estimate of drug-likeness (QED) is 0.537. The minimum absolute atomic E-state index is 0.291. The molecule has 2 unspecified atom stereocenters. The highest BCUT2D eigenvalue weighted by molar-refractivity contribution is 5.83. The third-order valence-electron chi connectivity index (χ3n) is 4.31. The molecule has 2 aliphatic carbocycles. The van der Waals surface area contributed by atoms with Crippen LogP contribution in [0.5, 0.6) is 0 Å². The van der Waals surface area contributed by atoms with Crippen molar-refractivity contribution >= 4 is 5.78 Å². The maximum atomic E-state index is 11.9. The molecule has 0 aromatic carbocycles. The fourth-order valence-corrected chi connectivity index (χ4v) is 3.21. The van der Waals surface area contributed by atoms with Gasteiger partial charge >= 0.3 is 0 Å². The molecule has 2 rings (SSSR count). The Morgan fingerprint density at radius 1 is 1.29 bits per heavy atom. The lowest BCUT2D eigenvalue weighted by molar-refractivity contribution is -0.130. The Kier molecular flexibility index (Phi) is 2.29. The van der Waals surface area contributed by atoms with Crippen LogP contribution in [0, 0.1) is 11.3 Å². The number of hydrogen-bond acceptors (Lipinski definition) is 1. The molecule has 0 aromatic rings. The molecular weight excluding hydrogens is 172 g/mol. The summed E-state index contributed by atoms with van der Waals surface area (Å²) in [5.74, 6) is 0.852. The highest BCUT2D eigenvalue weighted by atomic mass is 16.1. The van der Waals surface area contributed by atoms with Gasteiger partial charge in [-0.05, 0) is 44.9 Å². The number of carbonyl (C=O) groups excluding carboxylic acids is 1. The molecule has 2 aliphatic rings. The van der Waals surface area contributed by atoms with E-state index in [2.05, 4.69) is 20.8 Å². The van der Waals surface area contributed by atoms with E-state index in [9.17, 15) is 4.79 Å². The second-order valence-electron chi connectivity index (χ2n) is 5.47. The molecule has 1 fully saturated rings. The average molecular weight is 192 g/mol. The molecule has 0 spiro atoms. The molecule has 0 saturated heterocycles. The third-order valence-corrected chi connectivity index (χ3v) is 4.31. The second kappa shape index (κ2) is 3.22. The molecule has 0 heterocycles. The summed E-state index contributed by atoms with van der Waals surface area (Å²) in [6.45, 7) is 6.73. The normalized spacial score (nSPS) is 38.5. The monoisotopic (exact) mass is 192 g/mol. The van der Waals surface area contributed by atoms with Gasteiger partial charge in [-0.15, -0.1) is 0 Å². The van der Waals surface area contributed by atoms with Gasteiger partial charge in [-0.2, -0.15) is 0 Å². The largest absolute Gasteiger partial charge is 0.299 e. The van der Waals surface area contributed by atoms with Gasteiger partial charge in [0.15, 0.2) is 0 Å². The van der Waals surface area contributed by atoms with E-state index >= 15 is 0 Å². The summed E-state index contributed by atoms with van der Waals surface area (Å²) in [7, 11) is 0. The van der Waals surface area contributed by atoms with Crippen LogP contribution in [0.3, 0.4) is 0 Å². The summed E-state index contributed by atoms with van der Waals surface area (Å²) in [5, 5.41) is 0. The van der Waals surface area contributed by atoms with E-state index in [0.717, 1.165) is 25.7 Å². The molecule has 78 valence electrons. The summed E-state index contributed by atoms with van der Waals surface area (Å²) in [4.78, 5) is 11.9. The first-order chi connectivity index (χ1) is 6.53. The highest BCUT2D eigenvalue weighted by Crippen LogP contribution is 2.50. The number of ketones is 1. The van der Waals surface area contributed by atoms with Crippen LogP contribution in [0.4, 0.5) is 0 Å². The van der Waals surface area contributed by atoms with E-state index in [-0.39, 0.29) is 0 Å². The van der Waals surface area contributed by atoms with E-state index in [1.165, 1.54) is 17.6 Å². The number of allylic oxidation sites excluding steroid dienone is 2. The second-order valence-corrected chi connectivity index (χ2v) is 5.47. The van der Waals surface area contributed by atoms with Crippen molar-refractivity contribution in [3.8, 4) is 0 Å². The zero-order valence-corrected chi connectivity index (χ0v) is 9.52. The zero-order valence-electron chi connectivity index (χ0n) is 9.52. The minimum atomic E-state index is 0.291. The van der Waals surface area contributed by atoms with E-state index in [1.807, 2.05) is 0 Å². The fourth-order valence-electron chi connectivity index (χ4n) is 3.21. The van der Waals surface area contributed by atoms with Gasteiger partial charge in [-0.25, -0.2) is 0 Å². The van der Waals surface area contributed by atoms with Crippen molar-refractivity contribution in [1.82, 2.24) is 0 Å². The summed E-state index contributed by atoms with van der Waals surface area (Å²) < 4.78 is 0. The van der Waals surface area contributed by atoms with Crippen LogP contribution in [-0.4, -0.2) is 5.78 Å². The van der Waals surface area contributed by atoms with Crippen molar-refractivity contribution < 1.29 is 4.79 Å². The fraction of sp³-hybridized carbons (Fsp3) is 0.769. The Labute approximate surface area is 86.6 Å². The standard InChI is InChI=1S/C13H20O/c1-9-7-11-12(14)5-4-6-13(11,3)8-10(9)2/h11H,4-8H2,1-3H3. The summed E-state index contributed by atoms with van der Waals surface area (Å²) >= 11 is 0. The number of Topliss-reactive ketones (excluding diaryl/α,β-unsaturated/α-hetero) is 1. The lowest BCUT2D eigenvalue weighted by Crippen LogP contribution is -2.40. The van der Waals surface area contributed by atoms with Crippen molar-refractivity contribution in [3.63, 3.8) is 0 Å². The highest BCUT2D eigenvalue weighted by Gasteiger charge is 2.43. The van der Waals surface area contributed by atoms with Gasteiger partial charge in [0, 0.05) is 12.3 Å². The number of fused-ring (bicyclic) bond motifs is 1. The molecule has 0 radical (unpaired) electrons. The van der Waals surface area contributed by atoms with Gasteiger partial charge in [0.05, 0.1) is 0 Å². The minimum Gasteiger partial charge on any atom is -0.299 e. The molecular formula is C13H20O. The lowest BCUT2D eigenvalue weighted by atomic mass is 9.59. The Morgan fingerprint density at radius 2 is 2.00 bits per heavy atom. The Balaban J connectivity index is 2.32. The number of rotatable bonds is 0. The third kappa shape index (κ3) is 1.43. The van der Waals surface area contributed by atoms with Crippen LogP contribution in [0.15, 0.2) is 11.1 Å². The van der Waals surface area contributed by atoms with Crippen LogP contribution >= 0.6 is 0 Å². The van der Waals surface area contributed by atoms with Crippen LogP contribution in [0.2, 0.25) is 0 Å². The maximum absolute atomic E-state index is 11.9. The van der Waals surface area contributed by atoms with Gasteiger partial charge in [0.1, 0.15) is 5.78 Å². The average Bonchev–Trinajstić information content (AvgIpc) is 2.09. The van der Waals surface area contributed by atoms with Crippen molar-refractivity contribution in [2.75, 3.05) is 0 Å². The van der Waals surface area contributed by atoms with Gasteiger partial charge in [-0.3, -0.25) is 4.79 Å². The molecule has 1 saturated carbocycles. The molecule has 0 aliphatic heterocycles. The Morgan fingerprint density at radius 3 is 2.71 bits per heavy atom. The van der Waals surface area contributed by atoms with Crippen molar-refractivity contribution in [2.24, 2.45) is 11.3 Å². The Hall–Kier alpha value is -0.590. The van der Waals surface area contributed by atoms with E-state index in [4.69, 9.17) is 0 Å². The molecule has 0 amide bonds. The van der Waals surface area contributed by atoms with E-state index in [1.54, 1.807) is 0 Å².